The molecular formula is C21H35N3O2S. The molecule has 0 bridgehead atoms. The maximum atomic E-state index is 10.3. The fraction of sp³-hybridized carbons (Fsp3) is 0.714. The number of hydrogen-bond acceptors (Lipinski definition) is 6. The SMILES string of the molecule is CN1CCN(C[C@H](O)COc2ccc(CN(C)C3CCSCC3)cc2)CC1. The second-order valence-corrected chi connectivity index (χ2v) is 9.20. The molecule has 152 valence electrons. The molecule has 0 radical (unpaired) electrons. The van der Waals surface area contributed by atoms with Gasteiger partial charge in [-0.2, -0.15) is 11.8 Å². The van der Waals surface area contributed by atoms with Crippen LogP contribution in [-0.2, 0) is 6.54 Å². The van der Waals surface area contributed by atoms with Crippen molar-refractivity contribution in [2.45, 2.75) is 31.5 Å². The first-order chi connectivity index (χ1) is 13.1. The lowest BCUT2D eigenvalue weighted by atomic mass is 10.1. The molecule has 5 nitrogen and oxygen atoms in total. The molecule has 1 aromatic rings. The Morgan fingerprint density at radius 3 is 2.48 bits per heavy atom. The van der Waals surface area contributed by atoms with Gasteiger partial charge in [0.2, 0.25) is 0 Å². The molecule has 0 unspecified atom stereocenters. The van der Waals surface area contributed by atoms with Crippen molar-refractivity contribution in [1.29, 1.82) is 0 Å². The zero-order chi connectivity index (χ0) is 19.1. The quantitative estimate of drug-likeness (QED) is 0.728. The lowest BCUT2D eigenvalue weighted by Crippen LogP contribution is -2.47. The molecule has 0 amide bonds. The van der Waals surface area contributed by atoms with E-state index in [2.05, 4.69) is 52.7 Å². The van der Waals surface area contributed by atoms with Crippen LogP contribution in [0.1, 0.15) is 18.4 Å². The van der Waals surface area contributed by atoms with Crippen molar-refractivity contribution in [3.05, 3.63) is 29.8 Å². The number of benzene rings is 1. The number of piperazine rings is 1. The Labute approximate surface area is 168 Å². The molecule has 2 saturated heterocycles. The molecule has 3 rings (SSSR count). The van der Waals surface area contributed by atoms with Gasteiger partial charge in [-0.25, -0.2) is 0 Å². The highest BCUT2D eigenvalue weighted by Gasteiger charge is 2.19. The van der Waals surface area contributed by atoms with Crippen molar-refractivity contribution in [2.75, 3.05) is 64.9 Å². The molecule has 2 aliphatic rings. The second kappa shape index (κ2) is 10.7. The van der Waals surface area contributed by atoms with E-state index >= 15 is 0 Å². The van der Waals surface area contributed by atoms with Crippen molar-refractivity contribution in [3.63, 3.8) is 0 Å². The summed E-state index contributed by atoms with van der Waals surface area (Å²) >= 11 is 2.07. The van der Waals surface area contributed by atoms with E-state index in [4.69, 9.17) is 4.74 Å². The van der Waals surface area contributed by atoms with Crippen LogP contribution in [0.2, 0.25) is 0 Å². The highest BCUT2D eigenvalue weighted by molar-refractivity contribution is 7.99. The van der Waals surface area contributed by atoms with Gasteiger partial charge in [-0.05, 0) is 56.1 Å². The molecule has 2 aliphatic heterocycles. The van der Waals surface area contributed by atoms with Crippen LogP contribution in [0, 0.1) is 0 Å². The number of aliphatic hydroxyl groups excluding tert-OH is 1. The first-order valence-electron chi connectivity index (χ1n) is 10.2. The minimum Gasteiger partial charge on any atom is -0.491 e. The van der Waals surface area contributed by atoms with Crippen molar-refractivity contribution in [2.24, 2.45) is 0 Å². The van der Waals surface area contributed by atoms with Crippen LogP contribution in [0.3, 0.4) is 0 Å². The van der Waals surface area contributed by atoms with Gasteiger partial charge in [0.25, 0.3) is 0 Å². The Kier molecular flexibility index (Phi) is 8.27. The summed E-state index contributed by atoms with van der Waals surface area (Å²) in [5.41, 5.74) is 1.32. The molecule has 0 saturated carbocycles. The summed E-state index contributed by atoms with van der Waals surface area (Å²) < 4.78 is 5.80. The Morgan fingerprint density at radius 1 is 1.15 bits per heavy atom. The van der Waals surface area contributed by atoms with Gasteiger partial charge in [-0.15, -0.1) is 0 Å². The number of hydrogen-bond donors (Lipinski definition) is 1. The minimum atomic E-state index is -0.441. The van der Waals surface area contributed by atoms with Crippen molar-refractivity contribution in [1.82, 2.24) is 14.7 Å². The van der Waals surface area contributed by atoms with E-state index < -0.39 is 6.10 Å². The highest BCUT2D eigenvalue weighted by Crippen LogP contribution is 2.22. The van der Waals surface area contributed by atoms with Gasteiger partial charge in [0.05, 0.1) is 0 Å². The summed E-state index contributed by atoms with van der Waals surface area (Å²) in [7, 11) is 4.38. The summed E-state index contributed by atoms with van der Waals surface area (Å²) in [6, 6.07) is 9.07. The molecule has 2 heterocycles. The van der Waals surface area contributed by atoms with Gasteiger partial charge in [-0.1, -0.05) is 12.1 Å². The van der Waals surface area contributed by atoms with E-state index in [0.717, 1.165) is 38.5 Å². The van der Waals surface area contributed by atoms with Crippen LogP contribution in [-0.4, -0.2) is 96.9 Å². The van der Waals surface area contributed by atoms with Crippen LogP contribution in [0.5, 0.6) is 5.75 Å². The van der Waals surface area contributed by atoms with Crippen molar-refractivity contribution < 1.29 is 9.84 Å². The monoisotopic (exact) mass is 393 g/mol. The molecule has 2 fully saturated rings. The van der Waals surface area contributed by atoms with Gasteiger partial charge in [0, 0.05) is 45.3 Å². The minimum absolute atomic E-state index is 0.353. The number of β-amino-alcohol motifs (C(OH)–C–C–N with tert-alkyl or cyclic N) is 1. The number of aliphatic hydroxyl groups is 1. The number of likely N-dealkylation sites (N-methyl/N-ethyl adjacent to an activating group) is 1. The average molecular weight is 394 g/mol. The molecule has 0 aromatic heterocycles. The zero-order valence-corrected chi connectivity index (χ0v) is 17.7. The molecule has 0 spiro atoms. The van der Waals surface area contributed by atoms with Crippen LogP contribution in [0.25, 0.3) is 0 Å². The van der Waals surface area contributed by atoms with E-state index in [1.807, 2.05) is 12.1 Å². The van der Waals surface area contributed by atoms with Crippen LogP contribution in [0.4, 0.5) is 0 Å². The van der Waals surface area contributed by atoms with Crippen LogP contribution < -0.4 is 4.74 Å². The van der Waals surface area contributed by atoms with Crippen LogP contribution in [0.15, 0.2) is 24.3 Å². The van der Waals surface area contributed by atoms with Gasteiger partial charge >= 0.3 is 0 Å². The summed E-state index contributed by atoms with van der Waals surface area (Å²) in [5.74, 6) is 3.42. The first-order valence-corrected chi connectivity index (χ1v) is 11.3. The number of rotatable bonds is 8. The first kappa shape index (κ1) is 20.9. The summed E-state index contributed by atoms with van der Waals surface area (Å²) in [6.07, 6.45) is 2.16. The lowest BCUT2D eigenvalue weighted by Gasteiger charge is -2.33. The Bertz CT molecular complexity index is 543. The fourth-order valence-corrected chi connectivity index (χ4v) is 4.89. The Hall–Kier alpha value is -0.790. The molecule has 1 N–H and O–H groups in total. The van der Waals surface area contributed by atoms with Gasteiger partial charge in [-0.3, -0.25) is 9.80 Å². The largest absolute Gasteiger partial charge is 0.491 e. The third-order valence-electron chi connectivity index (χ3n) is 5.68. The van der Waals surface area contributed by atoms with E-state index in [0.29, 0.717) is 19.2 Å². The number of ether oxygens (including phenoxy) is 1. The third kappa shape index (κ3) is 6.95. The molecule has 1 aromatic carbocycles. The Balaban J connectivity index is 1.38. The summed E-state index contributed by atoms with van der Waals surface area (Å²) in [5, 5.41) is 10.3. The summed E-state index contributed by atoms with van der Waals surface area (Å²) in [6.45, 7) is 6.22. The molecule has 6 heteroatoms. The maximum Gasteiger partial charge on any atom is 0.119 e. The van der Waals surface area contributed by atoms with E-state index in [-0.39, 0.29) is 0 Å². The second-order valence-electron chi connectivity index (χ2n) is 7.97. The van der Waals surface area contributed by atoms with Crippen LogP contribution >= 0.6 is 11.8 Å². The molecular weight excluding hydrogens is 358 g/mol. The predicted octanol–water partition coefficient (Wildman–Crippen LogP) is 2.00. The number of thioether (sulfide) groups is 1. The smallest absolute Gasteiger partial charge is 0.119 e. The van der Waals surface area contributed by atoms with Gasteiger partial charge in [0.15, 0.2) is 0 Å². The summed E-state index contributed by atoms with van der Waals surface area (Å²) in [4.78, 5) is 7.12. The topological polar surface area (TPSA) is 39.2 Å². The normalized spacial score (nSPS) is 21.5. The van der Waals surface area contributed by atoms with Crippen molar-refractivity contribution >= 4 is 11.8 Å². The van der Waals surface area contributed by atoms with E-state index in [1.165, 1.54) is 29.9 Å². The van der Waals surface area contributed by atoms with Crippen molar-refractivity contribution in [3.8, 4) is 5.75 Å². The molecule has 0 aliphatic carbocycles. The maximum absolute atomic E-state index is 10.3. The molecule has 27 heavy (non-hydrogen) atoms. The Morgan fingerprint density at radius 2 is 1.81 bits per heavy atom. The van der Waals surface area contributed by atoms with Gasteiger partial charge < -0.3 is 14.7 Å². The standard InChI is InChI=1S/C21H35N3O2S/c1-22-9-11-24(12-10-22)16-20(25)17-26-21-5-3-18(4-6-21)15-23(2)19-7-13-27-14-8-19/h3-6,19-20,25H,7-17H2,1-2H3/t20-/m0/s1. The van der Waals surface area contributed by atoms with E-state index in [9.17, 15) is 5.11 Å². The number of nitrogens with zero attached hydrogens (tertiary/aromatic N) is 3. The lowest BCUT2D eigenvalue weighted by molar-refractivity contribution is 0.0505. The third-order valence-corrected chi connectivity index (χ3v) is 6.73. The highest BCUT2D eigenvalue weighted by atomic mass is 32.2. The van der Waals surface area contributed by atoms with E-state index in [1.54, 1.807) is 0 Å². The molecule has 1 atom stereocenters. The fourth-order valence-electron chi connectivity index (χ4n) is 3.81. The zero-order valence-electron chi connectivity index (χ0n) is 16.8. The predicted molar refractivity (Wildman–Crippen MR) is 114 cm³/mol. The van der Waals surface area contributed by atoms with Gasteiger partial charge in [0.1, 0.15) is 18.5 Å². The average Bonchev–Trinajstić information content (AvgIpc) is 2.70.